The van der Waals surface area contributed by atoms with Gasteiger partial charge in [-0.15, -0.1) is 0 Å². The number of benzene rings is 1. The number of carbonyl (C=O) groups excluding carboxylic acids is 1. The van der Waals surface area contributed by atoms with Crippen LogP contribution in [0.3, 0.4) is 0 Å². The van der Waals surface area contributed by atoms with E-state index < -0.39 is 16.0 Å². The zero-order valence-corrected chi connectivity index (χ0v) is 15.5. The molecule has 12 heteroatoms. The van der Waals surface area contributed by atoms with Crippen molar-refractivity contribution in [1.29, 1.82) is 0 Å². The molecule has 0 amide bonds. The summed E-state index contributed by atoms with van der Waals surface area (Å²) in [5.74, 6) is -0.0908. The van der Waals surface area contributed by atoms with Crippen LogP contribution in [0.2, 0.25) is 0 Å². The fourth-order valence-electron chi connectivity index (χ4n) is 1.64. The van der Waals surface area contributed by atoms with Crippen molar-refractivity contribution < 1.29 is 24.1 Å². The van der Waals surface area contributed by atoms with Crippen LogP contribution in [0.15, 0.2) is 47.5 Å². The van der Waals surface area contributed by atoms with E-state index in [0.717, 1.165) is 4.90 Å². The van der Waals surface area contributed by atoms with E-state index >= 15 is 0 Å². The fourth-order valence-corrected chi connectivity index (χ4v) is 3.55. The number of nitro groups is 2. The molecule has 0 fully saturated rings. The SMILES string of the molecule is C[C@H](COC(=O)Oc1ccc([N+](=O)[O-])cc1)SSc1ccc([N+](=O)[O-])nc1. The van der Waals surface area contributed by atoms with Gasteiger partial charge in [0.25, 0.3) is 5.69 Å². The first kappa shape index (κ1) is 20.5. The van der Waals surface area contributed by atoms with Crippen molar-refractivity contribution in [2.45, 2.75) is 17.1 Å². The average Bonchev–Trinajstić information content (AvgIpc) is 2.65. The molecule has 1 aromatic heterocycles. The number of pyridine rings is 1. The third-order valence-electron chi connectivity index (χ3n) is 2.90. The number of nitrogens with zero attached hydrogens (tertiary/aromatic N) is 3. The topological polar surface area (TPSA) is 135 Å². The third-order valence-corrected chi connectivity index (χ3v) is 5.75. The van der Waals surface area contributed by atoms with Gasteiger partial charge in [-0.1, -0.05) is 21.6 Å². The van der Waals surface area contributed by atoms with Gasteiger partial charge in [0.15, 0.2) is 6.20 Å². The first-order chi connectivity index (χ1) is 12.8. The average molecular weight is 411 g/mol. The monoisotopic (exact) mass is 411 g/mol. The molecule has 1 atom stereocenters. The van der Waals surface area contributed by atoms with Crippen molar-refractivity contribution in [2.24, 2.45) is 0 Å². The lowest BCUT2D eigenvalue weighted by atomic mass is 10.3. The van der Waals surface area contributed by atoms with Crippen molar-refractivity contribution in [1.82, 2.24) is 4.98 Å². The molecule has 10 nitrogen and oxygen atoms in total. The number of rotatable bonds is 8. The van der Waals surface area contributed by atoms with Crippen LogP contribution in [0.25, 0.3) is 0 Å². The van der Waals surface area contributed by atoms with Crippen molar-refractivity contribution in [3.8, 4) is 5.75 Å². The Morgan fingerprint density at radius 3 is 2.41 bits per heavy atom. The molecule has 2 rings (SSSR count). The number of nitro benzene ring substituents is 1. The van der Waals surface area contributed by atoms with Gasteiger partial charge in [-0.2, -0.15) is 0 Å². The van der Waals surface area contributed by atoms with Crippen LogP contribution in [0, 0.1) is 20.2 Å². The first-order valence-corrected chi connectivity index (χ1v) is 9.59. The molecule has 0 saturated heterocycles. The predicted octanol–water partition coefficient (Wildman–Crippen LogP) is 4.24. The normalized spacial score (nSPS) is 11.4. The Kier molecular flexibility index (Phi) is 7.37. The van der Waals surface area contributed by atoms with Gasteiger partial charge in [0.1, 0.15) is 12.4 Å². The van der Waals surface area contributed by atoms with E-state index in [4.69, 9.17) is 9.47 Å². The lowest BCUT2D eigenvalue weighted by Crippen LogP contribution is -2.16. The number of aromatic nitrogens is 1. The highest BCUT2D eigenvalue weighted by Crippen LogP contribution is 2.34. The molecule has 0 bridgehead atoms. The second-order valence-corrected chi connectivity index (χ2v) is 7.73. The number of carbonyl (C=O) groups is 1. The number of hydrogen-bond acceptors (Lipinski definition) is 10. The predicted molar refractivity (Wildman–Crippen MR) is 98.9 cm³/mol. The summed E-state index contributed by atoms with van der Waals surface area (Å²) in [6.07, 6.45) is 0.477. The largest absolute Gasteiger partial charge is 0.513 e. The Morgan fingerprint density at radius 2 is 1.85 bits per heavy atom. The molecule has 0 aliphatic rings. The highest BCUT2D eigenvalue weighted by Gasteiger charge is 2.13. The highest BCUT2D eigenvalue weighted by molar-refractivity contribution is 8.76. The molecular formula is C15H13N3O7S2. The van der Waals surface area contributed by atoms with Gasteiger partial charge in [0, 0.05) is 23.4 Å². The molecule has 1 aromatic carbocycles. The van der Waals surface area contributed by atoms with E-state index in [1.807, 2.05) is 6.92 Å². The number of hydrogen-bond donors (Lipinski definition) is 0. The van der Waals surface area contributed by atoms with Crippen molar-refractivity contribution >= 4 is 39.2 Å². The van der Waals surface area contributed by atoms with Gasteiger partial charge < -0.3 is 19.6 Å². The lowest BCUT2D eigenvalue weighted by molar-refractivity contribution is -0.389. The maximum atomic E-state index is 11.6. The summed E-state index contributed by atoms with van der Waals surface area (Å²) in [4.78, 5) is 36.1. The lowest BCUT2D eigenvalue weighted by Gasteiger charge is -2.10. The first-order valence-electron chi connectivity index (χ1n) is 7.38. The Hall–Kier alpha value is -2.86. The summed E-state index contributed by atoms with van der Waals surface area (Å²) >= 11 is 0. The summed E-state index contributed by atoms with van der Waals surface area (Å²) in [6, 6.07) is 7.93. The van der Waals surface area contributed by atoms with Crippen LogP contribution in [-0.2, 0) is 4.74 Å². The van der Waals surface area contributed by atoms with Crippen molar-refractivity contribution in [3.05, 3.63) is 62.8 Å². The molecule has 0 spiro atoms. The minimum Gasteiger partial charge on any atom is -0.433 e. The number of ether oxygens (including phenoxy) is 2. The Labute approximate surface area is 161 Å². The zero-order valence-electron chi connectivity index (χ0n) is 13.8. The van der Waals surface area contributed by atoms with E-state index in [-0.39, 0.29) is 29.1 Å². The Morgan fingerprint density at radius 1 is 1.15 bits per heavy atom. The second-order valence-electron chi connectivity index (χ2n) is 5.01. The van der Waals surface area contributed by atoms with Crippen LogP contribution in [0.5, 0.6) is 5.75 Å². The van der Waals surface area contributed by atoms with Gasteiger partial charge >= 0.3 is 12.0 Å². The summed E-state index contributed by atoms with van der Waals surface area (Å²) in [5.41, 5.74) is -0.113. The van der Waals surface area contributed by atoms with E-state index in [2.05, 4.69) is 4.98 Å². The molecular weight excluding hydrogens is 398 g/mol. The molecule has 142 valence electrons. The number of non-ortho nitro benzene ring substituents is 1. The molecule has 0 unspecified atom stereocenters. The van der Waals surface area contributed by atoms with Crippen LogP contribution >= 0.6 is 21.6 Å². The van der Waals surface area contributed by atoms with Gasteiger partial charge in [0.05, 0.1) is 9.82 Å². The van der Waals surface area contributed by atoms with Crippen LogP contribution < -0.4 is 4.74 Å². The van der Waals surface area contributed by atoms with E-state index in [1.165, 1.54) is 58.1 Å². The molecule has 0 N–H and O–H groups in total. The van der Waals surface area contributed by atoms with Gasteiger partial charge in [-0.25, -0.2) is 4.79 Å². The smallest absolute Gasteiger partial charge is 0.433 e. The molecule has 0 saturated carbocycles. The van der Waals surface area contributed by atoms with Crippen LogP contribution in [0.1, 0.15) is 6.92 Å². The molecule has 27 heavy (non-hydrogen) atoms. The maximum Gasteiger partial charge on any atom is 0.513 e. The van der Waals surface area contributed by atoms with Crippen molar-refractivity contribution in [3.63, 3.8) is 0 Å². The maximum absolute atomic E-state index is 11.6. The quantitative estimate of drug-likeness (QED) is 0.204. The highest BCUT2D eigenvalue weighted by atomic mass is 33.1. The Balaban J connectivity index is 1.72. The molecule has 0 radical (unpaired) electrons. The molecule has 0 aliphatic heterocycles. The summed E-state index contributed by atoms with van der Waals surface area (Å²) in [7, 11) is 2.74. The standard InChI is InChI=1S/C15H13N3O7S2/c1-10(26-27-13-6-7-14(16-8-13)18(22)23)9-24-15(19)25-12-4-2-11(3-5-12)17(20)21/h2-8,10H,9H2,1H3/t10-/m1/s1. The van der Waals surface area contributed by atoms with Gasteiger partial charge in [-0.3, -0.25) is 10.1 Å². The van der Waals surface area contributed by atoms with E-state index in [1.54, 1.807) is 6.07 Å². The summed E-state index contributed by atoms with van der Waals surface area (Å²) in [6.45, 7) is 1.90. The minimum absolute atomic E-state index is 0.0733. The molecule has 2 aromatic rings. The van der Waals surface area contributed by atoms with Gasteiger partial charge in [-0.05, 0) is 35.0 Å². The third kappa shape index (κ3) is 6.75. The Bertz CT molecular complexity index is 815. The van der Waals surface area contributed by atoms with Gasteiger partial charge in [0.2, 0.25) is 0 Å². The second kappa shape index (κ2) is 9.73. The van der Waals surface area contributed by atoms with Crippen molar-refractivity contribution in [2.75, 3.05) is 6.61 Å². The van der Waals surface area contributed by atoms with E-state index in [0.29, 0.717) is 0 Å². The van der Waals surface area contributed by atoms with Crippen LogP contribution in [-0.4, -0.2) is 32.8 Å². The molecule has 1 heterocycles. The molecule has 0 aliphatic carbocycles. The summed E-state index contributed by atoms with van der Waals surface area (Å²) < 4.78 is 9.91. The van der Waals surface area contributed by atoms with Crippen LogP contribution in [0.4, 0.5) is 16.3 Å². The minimum atomic E-state index is -0.918. The fraction of sp³-hybridized carbons (Fsp3) is 0.200. The zero-order chi connectivity index (χ0) is 19.8. The van der Waals surface area contributed by atoms with E-state index in [9.17, 15) is 25.0 Å². The summed E-state index contributed by atoms with van der Waals surface area (Å²) in [5, 5.41) is 21.0.